The molecule has 0 aromatic heterocycles. The Hall–Kier alpha value is -1.58. The molecule has 0 saturated carbocycles. The van der Waals surface area contributed by atoms with E-state index in [1.54, 1.807) is 25.2 Å². The minimum absolute atomic E-state index is 0. The summed E-state index contributed by atoms with van der Waals surface area (Å²) >= 11 is 0. The van der Waals surface area contributed by atoms with E-state index in [1.807, 2.05) is 0 Å². The third kappa shape index (κ3) is 7.49. The van der Waals surface area contributed by atoms with E-state index in [9.17, 15) is 10.1 Å². The molecular formula is C15H26IN5O2. The molecule has 3 N–H and O–H groups in total. The molecule has 0 heterocycles. The van der Waals surface area contributed by atoms with E-state index in [0.29, 0.717) is 30.7 Å². The van der Waals surface area contributed by atoms with Crippen molar-refractivity contribution >= 4 is 41.3 Å². The largest absolute Gasteiger partial charge is 0.378 e. The highest BCUT2D eigenvalue weighted by molar-refractivity contribution is 14.0. The highest BCUT2D eigenvalue weighted by atomic mass is 127. The summed E-state index contributed by atoms with van der Waals surface area (Å²) in [4.78, 5) is 14.7. The van der Waals surface area contributed by atoms with Crippen LogP contribution in [0.4, 0.5) is 11.4 Å². The second kappa shape index (κ2) is 11.0. The standard InChI is InChI=1S/C15H25N5O2.HI/c1-11(2)12(3)19-15(16-4)18-10-9-17-13-7-5-6-8-14(13)20(21)22;/h5-8,11-12,17H,9-10H2,1-4H3,(H2,16,18,19);1H. The molecule has 0 spiro atoms. The van der Waals surface area contributed by atoms with Crippen LogP contribution in [0.15, 0.2) is 29.3 Å². The van der Waals surface area contributed by atoms with Gasteiger partial charge in [-0.25, -0.2) is 0 Å². The van der Waals surface area contributed by atoms with Crippen LogP contribution in [0.2, 0.25) is 0 Å². The molecule has 8 heteroatoms. The quantitative estimate of drug-likeness (QED) is 0.153. The molecule has 130 valence electrons. The lowest BCUT2D eigenvalue weighted by Gasteiger charge is -2.20. The predicted molar refractivity (Wildman–Crippen MR) is 106 cm³/mol. The predicted octanol–water partition coefficient (Wildman–Crippen LogP) is 2.83. The first-order chi connectivity index (χ1) is 10.5. The molecule has 0 fully saturated rings. The number of hydrogen-bond acceptors (Lipinski definition) is 4. The normalized spacial score (nSPS) is 12.3. The third-order valence-electron chi connectivity index (χ3n) is 3.42. The number of nitro benzene ring substituents is 1. The van der Waals surface area contributed by atoms with Crippen molar-refractivity contribution in [3.63, 3.8) is 0 Å². The van der Waals surface area contributed by atoms with Crippen LogP contribution in [0.25, 0.3) is 0 Å². The summed E-state index contributed by atoms with van der Waals surface area (Å²) in [6, 6.07) is 6.93. The second-order valence-corrected chi connectivity index (χ2v) is 5.38. The van der Waals surface area contributed by atoms with Crippen LogP contribution in [-0.4, -0.2) is 37.1 Å². The topological polar surface area (TPSA) is 91.6 Å². The van der Waals surface area contributed by atoms with Gasteiger partial charge in [-0.1, -0.05) is 26.0 Å². The highest BCUT2D eigenvalue weighted by Crippen LogP contribution is 2.22. The van der Waals surface area contributed by atoms with E-state index in [4.69, 9.17) is 0 Å². The van der Waals surface area contributed by atoms with Crippen LogP contribution in [0.5, 0.6) is 0 Å². The Balaban J connectivity index is 0.00000484. The number of nitrogens with zero attached hydrogens (tertiary/aromatic N) is 2. The number of guanidine groups is 1. The zero-order valence-electron chi connectivity index (χ0n) is 14.0. The Morgan fingerprint density at radius 1 is 1.26 bits per heavy atom. The molecule has 0 amide bonds. The van der Waals surface area contributed by atoms with Gasteiger partial charge < -0.3 is 16.0 Å². The highest BCUT2D eigenvalue weighted by Gasteiger charge is 2.11. The van der Waals surface area contributed by atoms with Gasteiger partial charge in [0.2, 0.25) is 0 Å². The lowest BCUT2D eigenvalue weighted by molar-refractivity contribution is -0.384. The van der Waals surface area contributed by atoms with E-state index in [-0.39, 0.29) is 34.6 Å². The fraction of sp³-hybridized carbons (Fsp3) is 0.533. The van der Waals surface area contributed by atoms with Crippen LogP contribution in [0.3, 0.4) is 0 Å². The van der Waals surface area contributed by atoms with Gasteiger partial charge in [0.25, 0.3) is 5.69 Å². The van der Waals surface area contributed by atoms with Crippen molar-refractivity contribution in [1.29, 1.82) is 0 Å². The third-order valence-corrected chi connectivity index (χ3v) is 3.42. The molecule has 0 saturated heterocycles. The number of aliphatic imine (C=N–C) groups is 1. The number of nitrogens with one attached hydrogen (secondary N) is 3. The fourth-order valence-corrected chi connectivity index (χ4v) is 1.74. The lowest BCUT2D eigenvalue weighted by atomic mass is 10.1. The number of anilines is 1. The number of halogens is 1. The summed E-state index contributed by atoms with van der Waals surface area (Å²) in [5.74, 6) is 1.23. The zero-order chi connectivity index (χ0) is 16.5. The molecule has 7 nitrogen and oxygen atoms in total. The van der Waals surface area contributed by atoms with E-state index >= 15 is 0 Å². The van der Waals surface area contributed by atoms with Crippen molar-refractivity contribution in [2.24, 2.45) is 10.9 Å². The van der Waals surface area contributed by atoms with Gasteiger partial charge in [-0.15, -0.1) is 24.0 Å². The minimum atomic E-state index is -0.388. The summed E-state index contributed by atoms with van der Waals surface area (Å²) in [6.07, 6.45) is 0. The maximum absolute atomic E-state index is 10.9. The molecular weight excluding hydrogens is 409 g/mol. The molecule has 1 unspecified atom stereocenters. The van der Waals surface area contributed by atoms with Crippen molar-refractivity contribution in [3.05, 3.63) is 34.4 Å². The summed E-state index contributed by atoms with van der Waals surface area (Å²) in [7, 11) is 1.72. The maximum atomic E-state index is 10.9. The summed E-state index contributed by atoms with van der Waals surface area (Å²) in [6.45, 7) is 7.54. The van der Waals surface area contributed by atoms with Crippen molar-refractivity contribution in [2.45, 2.75) is 26.8 Å². The second-order valence-electron chi connectivity index (χ2n) is 5.38. The molecule has 0 radical (unpaired) electrons. The van der Waals surface area contributed by atoms with Crippen molar-refractivity contribution in [3.8, 4) is 0 Å². The molecule has 0 aliphatic rings. The van der Waals surface area contributed by atoms with E-state index in [0.717, 1.165) is 5.96 Å². The van der Waals surface area contributed by atoms with Gasteiger partial charge in [0.1, 0.15) is 5.69 Å². The van der Waals surface area contributed by atoms with Gasteiger partial charge in [-0.2, -0.15) is 0 Å². The Bertz CT molecular complexity index is 522. The van der Waals surface area contributed by atoms with E-state index in [1.165, 1.54) is 6.07 Å². The van der Waals surface area contributed by atoms with Crippen LogP contribution < -0.4 is 16.0 Å². The van der Waals surface area contributed by atoms with Gasteiger partial charge in [-0.05, 0) is 18.9 Å². The van der Waals surface area contributed by atoms with Crippen molar-refractivity contribution < 1.29 is 4.92 Å². The first-order valence-electron chi connectivity index (χ1n) is 7.40. The first-order valence-corrected chi connectivity index (χ1v) is 7.40. The molecule has 1 atom stereocenters. The molecule has 1 aromatic rings. The van der Waals surface area contributed by atoms with Gasteiger partial charge in [0, 0.05) is 32.2 Å². The van der Waals surface area contributed by atoms with Crippen molar-refractivity contribution in [2.75, 3.05) is 25.5 Å². The average molecular weight is 435 g/mol. The summed E-state index contributed by atoms with van der Waals surface area (Å²) in [5.41, 5.74) is 0.603. The monoisotopic (exact) mass is 435 g/mol. The average Bonchev–Trinajstić information content (AvgIpc) is 2.50. The zero-order valence-corrected chi connectivity index (χ0v) is 16.3. The molecule has 1 aromatic carbocycles. The number of hydrogen-bond donors (Lipinski definition) is 3. The van der Waals surface area contributed by atoms with Gasteiger partial charge in [0.15, 0.2) is 5.96 Å². The first kappa shape index (κ1) is 21.4. The van der Waals surface area contributed by atoms with Gasteiger partial charge in [-0.3, -0.25) is 15.1 Å². The Kier molecular flexibility index (Phi) is 10.3. The minimum Gasteiger partial charge on any atom is -0.378 e. The van der Waals surface area contributed by atoms with Gasteiger partial charge >= 0.3 is 0 Å². The molecule has 1 rings (SSSR count). The van der Waals surface area contributed by atoms with Crippen LogP contribution >= 0.6 is 24.0 Å². The summed E-state index contributed by atoms with van der Waals surface area (Å²) in [5, 5.41) is 20.5. The molecule has 0 aliphatic carbocycles. The smallest absolute Gasteiger partial charge is 0.292 e. The number of nitro groups is 1. The van der Waals surface area contributed by atoms with Crippen LogP contribution in [0.1, 0.15) is 20.8 Å². The van der Waals surface area contributed by atoms with Crippen LogP contribution in [0, 0.1) is 16.0 Å². The number of para-hydroxylation sites is 2. The molecule has 0 aliphatic heterocycles. The maximum Gasteiger partial charge on any atom is 0.292 e. The number of rotatable bonds is 7. The van der Waals surface area contributed by atoms with Crippen molar-refractivity contribution in [1.82, 2.24) is 10.6 Å². The Morgan fingerprint density at radius 2 is 1.91 bits per heavy atom. The number of benzene rings is 1. The Labute approximate surface area is 154 Å². The summed E-state index contributed by atoms with van der Waals surface area (Å²) < 4.78 is 0. The van der Waals surface area contributed by atoms with E-state index < -0.39 is 0 Å². The fourth-order valence-electron chi connectivity index (χ4n) is 1.74. The van der Waals surface area contributed by atoms with Crippen LogP contribution in [-0.2, 0) is 0 Å². The Morgan fingerprint density at radius 3 is 2.48 bits per heavy atom. The lowest BCUT2D eigenvalue weighted by Crippen LogP contribution is -2.45. The molecule has 23 heavy (non-hydrogen) atoms. The SMILES string of the molecule is CN=C(NCCNc1ccccc1[N+](=O)[O-])NC(C)C(C)C.I. The van der Waals surface area contributed by atoms with Gasteiger partial charge in [0.05, 0.1) is 4.92 Å². The molecule has 0 bridgehead atoms. The van der Waals surface area contributed by atoms with E-state index in [2.05, 4.69) is 41.7 Å².